The van der Waals surface area contributed by atoms with E-state index in [9.17, 15) is 0 Å². The van der Waals surface area contributed by atoms with Gasteiger partial charge in [-0.25, -0.2) is 4.98 Å². The molecule has 1 aromatic heterocycles. The molecule has 0 spiro atoms. The van der Waals surface area contributed by atoms with Crippen molar-refractivity contribution in [1.82, 2.24) is 4.98 Å². The normalized spacial score (nSPS) is 11.1. The van der Waals surface area contributed by atoms with Crippen LogP contribution >= 0.6 is 45.5 Å². The molecular formula is C14H23ClINOS. The standard InChI is InChI=1S/C14H23ClINOS/c1-2-3-4-5-6-7-10-18-11-8-9-12-13(16)19-14(15)17-12/h2-11H2,1H3. The Hall–Kier alpha value is 0.610. The summed E-state index contributed by atoms with van der Waals surface area (Å²) in [6, 6.07) is 0. The van der Waals surface area contributed by atoms with Crippen LogP contribution in [-0.2, 0) is 11.2 Å². The van der Waals surface area contributed by atoms with Gasteiger partial charge in [0.2, 0.25) is 0 Å². The van der Waals surface area contributed by atoms with Crippen LogP contribution in [0, 0.1) is 2.88 Å². The van der Waals surface area contributed by atoms with E-state index in [0.717, 1.165) is 31.7 Å². The Kier molecular flexibility index (Phi) is 10.5. The molecule has 5 heteroatoms. The van der Waals surface area contributed by atoms with Crippen LogP contribution < -0.4 is 0 Å². The van der Waals surface area contributed by atoms with Crippen LogP contribution in [0.5, 0.6) is 0 Å². The van der Waals surface area contributed by atoms with Crippen molar-refractivity contribution in [1.29, 1.82) is 0 Å². The van der Waals surface area contributed by atoms with Gasteiger partial charge in [-0.1, -0.05) is 62.0 Å². The molecule has 0 unspecified atom stereocenters. The molecule has 2 nitrogen and oxygen atoms in total. The first-order valence-electron chi connectivity index (χ1n) is 7.12. The Morgan fingerprint density at radius 3 is 2.47 bits per heavy atom. The summed E-state index contributed by atoms with van der Waals surface area (Å²) in [5.41, 5.74) is 1.12. The van der Waals surface area contributed by atoms with Gasteiger partial charge >= 0.3 is 0 Å². The largest absolute Gasteiger partial charge is 0.381 e. The fraction of sp³-hybridized carbons (Fsp3) is 0.786. The summed E-state index contributed by atoms with van der Waals surface area (Å²) in [6.07, 6.45) is 9.92. The number of nitrogens with zero attached hydrogens (tertiary/aromatic N) is 1. The van der Waals surface area contributed by atoms with Gasteiger partial charge in [0.15, 0.2) is 4.47 Å². The van der Waals surface area contributed by atoms with Crippen molar-refractivity contribution in [2.45, 2.75) is 58.3 Å². The number of ether oxygens (including phenoxy) is 1. The van der Waals surface area contributed by atoms with Gasteiger partial charge in [-0.15, -0.1) is 0 Å². The van der Waals surface area contributed by atoms with Crippen LogP contribution in [0.1, 0.15) is 57.6 Å². The average Bonchev–Trinajstić information content (AvgIpc) is 2.70. The minimum Gasteiger partial charge on any atom is -0.381 e. The maximum Gasteiger partial charge on any atom is 0.184 e. The lowest BCUT2D eigenvalue weighted by Gasteiger charge is -2.04. The van der Waals surface area contributed by atoms with Gasteiger partial charge in [-0.2, -0.15) is 0 Å². The number of halogens is 2. The predicted octanol–water partition coefficient (Wildman–Crippen LogP) is 5.71. The Morgan fingerprint density at radius 2 is 1.79 bits per heavy atom. The number of thiazole rings is 1. The molecule has 0 fully saturated rings. The molecule has 0 radical (unpaired) electrons. The van der Waals surface area contributed by atoms with E-state index < -0.39 is 0 Å². The van der Waals surface area contributed by atoms with E-state index in [1.807, 2.05) is 0 Å². The zero-order chi connectivity index (χ0) is 13.9. The Labute approximate surface area is 139 Å². The van der Waals surface area contributed by atoms with Gasteiger partial charge in [0.1, 0.15) is 0 Å². The van der Waals surface area contributed by atoms with Crippen LogP contribution in [0.2, 0.25) is 4.47 Å². The van der Waals surface area contributed by atoms with E-state index in [4.69, 9.17) is 16.3 Å². The fourth-order valence-electron chi connectivity index (χ4n) is 1.89. The van der Waals surface area contributed by atoms with E-state index in [0.29, 0.717) is 4.47 Å². The summed E-state index contributed by atoms with van der Waals surface area (Å²) in [5, 5.41) is 0. The van der Waals surface area contributed by atoms with E-state index >= 15 is 0 Å². The molecule has 0 aliphatic rings. The van der Waals surface area contributed by atoms with Crippen LogP contribution in [0.3, 0.4) is 0 Å². The first kappa shape index (κ1) is 17.7. The average molecular weight is 416 g/mol. The topological polar surface area (TPSA) is 22.1 Å². The summed E-state index contributed by atoms with van der Waals surface area (Å²) >= 11 is 9.72. The molecular weight excluding hydrogens is 393 g/mol. The third-order valence-corrected chi connectivity index (χ3v) is 5.24. The number of unbranched alkanes of at least 4 members (excludes halogenated alkanes) is 5. The SMILES string of the molecule is CCCCCCCCOCCCc1nc(Cl)sc1I. The molecule has 0 amide bonds. The molecule has 0 atom stereocenters. The van der Waals surface area contributed by atoms with Crippen LogP contribution in [0.15, 0.2) is 0 Å². The van der Waals surface area contributed by atoms with Gasteiger partial charge in [0.25, 0.3) is 0 Å². The molecule has 1 aromatic rings. The maximum absolute atomic E-state index is 5.87. The van der Waals surface area contributed by atoms with Crippen molar-refractivity contribution >= 4 is 45.5 Å². The second-order valence-electron chi connectivity index (χ2n) is 4.67. The zero-order valence-electron chi connectivity index (χ0n) is 11.6. The first-order valence-corrected chi connectivity index (χ1v) is 9.39. The summed E-state index contributed by atoms with van der Waals surface area (Å²) in [7, 11) is 0. The van der Waals surface area contributed by atoms with Crippen molar-refractivity contribution in [2.75, 3.05) is 13.2 Å². The summed E-state index contributed by atoms with van der Waals surface area (Å²) in [6.45, 7) is 3.99. The van der Waals surface area contributed by atoms with Gasteiger partial charge in [-0.05, 0) is 41.9 Å². The van der Waals surface area contributed by atoms with Crippen molar-refractivity contribution in [2.24, 2.45) is 0 Å². The molecule has 0 saturated carbocycles. The van der Waals surface area contributed by atoms with E-state index in [2.05, 4.69) is 34.5 Å². The highest BCUT2D eigenvalue weighted by Gasteiger charge is 2.06. The molecule has 0 saturated heterocycles. The maximum atomic E-state index is 5.87. The first-order chi connectivity index (χ1) is 9.24. The molecule has 0 bridgehead atoms. The number of aryl methyl sites for hydroxylation is 1. The lowest BCUT2D eigenvalue weighted by molar-refractivity contribution is 0.127. The highest BCUT2D eigenvalue weighted by Crippen LogP contribution is 2.25. The summed E-state index contributed by atoms with van der Waals surface area (Å²) < 4.78 is 7.50. The van der Waals surface area contributed by atoms with Crippen molar-refractivity contribution in [3.63, 3.8) is 0 Å². The lowest BCUT2D eigenvalue weighted by atomic mass is 10.1. The molecule has 110 valence electrons. The van der Waals surface area contributed by atoms with E-state index in [-0.39, 0.29) is 0 Å². The summed E-state index contributed by atoms with van der Waals surface area (Å²) in [5.74, 6) is 0. The lowest BCUT2D eigenvalue weighted by Crippen LogP contribution is -1.99. The minimum absolute atomic E-state index is 0.646. The Bertz CT molecular complexity index is 346. The number of aromatic nitrogens is 1. The Morgan fingerprint density at radius 1 is 1.11 bits per heavy atom. The van der Waals surface area contributed by atoms with Gasteiger partial charge in [0.05, 0.1) is 8.58 Å². The predicted molar refractivity (Wildman–Crippen MR) is 92.4 cm³/mol. The second kappa shape index (κ2) is 11.3. The van der Waals surface area contributed by atoms with E-state index in [1.54, 1.807) is 11.3 Å². The van der Waals surface area contributed by atoms with Crippen molar-refractivity contribution < 1.29 is 4.74 Å². The van der Waals surface area contributed by atoms with Gasteiger partial charge in [0, 0.05) is 13.2 Å². The molecule has 1 heterocycles. The Balaban J connectivity index is 1.90. The monoisotopic (exact) mass is 415 g/mol. The molecule has 0 aromatic carbocycles. The van der Waals surface area contributed by atoms with Crippen LogP contribution in [-0.4, -0.2) is 18.2 Å². The zero-order valence-corrected chi connectivity index (χ0v) is 15.3. The third-order valence-electron chi connectivity index (χ3n) is 2.97. The van der Waals surface area contributed by atoms with Crippen LogP contribution in [0.25, 0.3) is 0 Å². The quantitative estimate of drug-likeness (QED) is 0.341. The smallest absolute Gasteiger partial charge is 0.184 e. The molecule has 0 aliphatic carbocycles. The third kappa shape index (κ3) is 8.48. The van der Waals surface area contributed by atoms with Gasteiger partial charge in [-0.3, -0.25) is 0 Å². The fourth-order valence-corrected chi connectivity index (χ4v) is 4.20. The highest BCUT2D eigenvalue weighted by atomic mass is 127. The number of rotatable bonds is 11. The van der Waals surface area contributed by atoms with Crippen LogP contribution in [0.4, 0.5) is 0 Å². The second-order valence-corrected chi connectivity index (χ2v) is 8.06. The number of hydrogen-bond donors (Lipinski definition) is 0. The number of hydrogen-bond acceptors (Lipinski definition) is 3. The van der Waals surface area contributed by atoms with Gasteiger partial charge < -0.3 is 4.74 Å². The van der Waals surface area contributed by atoms with Crippen molar-refractivity contribution in [3.8, 4) is 0 Å². The molecule has 0 N–H and O–H groups in total. The molecule has 1 rings (SSSR count). The van der Waals surface area contributed by atoms with Crippen molar-refractivity contribution in [3.05, 3.63) is 13.0 Å². The minimum atomic E-state index is 0.646. The van der Waals surface area contributed by atoms with E-state index in [1.165, 1.54) is 41.4 Å². The molecule has 19 heavy (non-hydrogen) atoms. The molecule has 0 aliphatic heterocycles. The summed E-state index contributed by atoms with van der Waals surface area (Å²) in [4.78, 5) is 4.31. The highest BCUT2D eigenvalue weighted by molar-refractivity contribution is 14.1.